The third-order valence-electron chi connectivity index (χ3n) is 6.35. The first-order valence-corrected chi connectivity index (χ1v) is 11.3. The minimum absolute atomic E-state index is 0.0347. The highest BCUT2D eigenvalue weighted by Gasteiger charge is 2.47. The number of carbonyl (C=O) groups is 2. The predicted octanol–water partition coefficient (Wildman–Crippen LogP) is 5.82. The molecule has 2 heterocycles. The van der Waals surface area contributed by atoms with Gasteiger partial charge in [-0.15, -0.1) is 0 Å². The maximum absolute atomic E-state index is 13.9. The summed E-state index contributed by atoms with van der Waals surface area (Å²) in [6.07, 6.45) is 5.21. The molecule has 2 unspecified atom stereocenters. The second-order valence-corrected chi connectivity index (χ2v) is 8.74. The van der Waals surface area contributed by atoms with E-state index in [9.17, 15) is 15.0 Å². The molecule has 1 N–H and O–H groups in total. The SMILES string of the molecule is N=C1C(C(=O)c2ccc(Cl)cc2)C(c2cccnc2)C2=C(CCCC2=O)N1c1ccccc1. The first-order valence-electron chi connectivity index (χ1n) is 11.0. The van der Waals surface area contributed by atoms with Crippen LogP contribution in [0, 0.1) is 11.3 Å². The van der Waals surface area contributed by atoms with Crippen molar-refractivity contribution in [1.82, 2.24) is 4.98 Å². The minimum atomic E-state index is -0.864. The lowest BCUT2D eigenvalue weighted by Crippen LogP contribution is -2.49. The van der Waals surface area contributed by atoms with E-state index in [1.54, 1.807) is 47.6 Å². The van der Waals surface area contributed by atoms with Gasteiger partial charge < -0.3 is 4.90 Å². The van der Waals surface area contributed by atoms with Gasteiger partial charge in [0.1, 0.15) is 5.84 Å². The lowest BCUT2D eigenvalue weighted by molar-refractivity contribution is -0.116. The smallest absolute Gasteiger partial charge is 0.174 e. The third-order valence-corrected chi connectivity index (χ3v) is 6.60. The maximum Gasteiger partial charge on any atom is 0.174 e. The molecule has 3 aromatic rings. The molecular weight excluding hydrogens is 434 g/mol. The van der Waals surface area contributed by atoms with Crippen molar-refractivity contribution >= 4 is 34.7 Å². The number of pyridine rings is 1. The molecule has 0 spiro atoms. The van der Waals surface area contributed by atoms with Gasteiger partial charge in [-0.05, 0) is 60.9 Å². The molecule has 2 aromatic carbocycles. The molecule has 33 heavy (non-hydrogen) atoms. The van der Waals surface area contributed by atoms with Crippen LogP contribution in [0.15, 0.2) is 90.4 Å². The van der Waals surface area contributed by atoms with Crippen LogP contribution in [0.2, 0.25) is 5.02 Å². The van der Waals surface area contributed by atoms with Crippen LogP contribution in [-0.4, -0.2) is 22.4 Å². The number of nitrogens with one attached hydrogen (secondary N) is 1. The predicted molar refractivity (Wildman–Crippen MR) is 129 cm³/mol. The van der Waals surface area contributed by atoms with E-state index in [-0.39, 0.29) is 17.4 Å². The van der Waals surface area contributed by atoms with Crippen LogP contribution >= 0.6 is 11.6 Å². The second-order valence-electron chi connectivity index (χ2n) is 8.31. The van der Waals surface area contributed by atoms with Crippen LogP contribution in [0.5, 0.6) is 0 Å². The largest absolute Gasteiger partial charge is 0.302 e. The van der Waals surface area contributed by atoms with E-state index < -0.39 is 11.8 Å². The Hall–Kier alpha value is -3.57. The third kappa shape index (κ3) is 3.79. The highest BCUT2D eigenvalue weighted by atomic mass is 35.5. The van der Waals surface area contributed by atoms with Crippen LogP contribution in [0.3, 0.4) is 0 Å². The molecule has 6 heteroatoms. The Kier molecular flexibility index (Phi) is 5.65. The molecular formula is C27H22ClN3O2. The molecule has 164 valence electrons. The number of hydrogen-bond donors (Lipinski definition) is 1. The van der Waals surface area contributed by atoms with Crippen molar-refractivity contribution < 1.29 is 9.59 Å². The summed E-state index contributed by atoms with van der Waals surface area (Å²) in [5.41, 5.74) is 3.45. The van der Waals surface area contributed by atoms with E-state index in [1.165, 1.54) is 0 Å². The van der Waals surface area contributed by atoms with Crippen LogP contribution in [-0.2, 0) is 4.79 Å². The molecule has 1 aromatic heterocycles. The van der Waals surface area contributed by atoms with Gasteiger partial charge in [0.2, 0.25) is 0 Å². The number of para-hydroxylation sites is 1. The van der Waals surface area contributed by atoms with Gasteiger partial charge in [0.25, 0.3) is 0 Å². The maximum atomic E-state index is 13.9. The fraction of sp³-hybridized carbons (Fsp3) is 0.185. The van der Waals surface area contributed by atoms with Crippen LogP contribution in [0.25, 0.3) is 0 Å². The van der Waals surface area contributed by atoms with E-state index in [0.717, 1.165) is 23.4 Å². The number of aromatic nitrogens is 1. The number of anilines is 1. The number of hydrogen-bond acceptors (Lipinski definition) is 4. The monoisotopic (exact) mass is 455 g/mol. The van der Waals surface area contributed by atoms with Gasteiger partial charge in [0.05, 0.1) is 5.92 Å². The Morgan fingerprint density at radius 2 is 1.76 bits per heavy atom. The van der Waals surface area contributed by atoms with Crippen molar-refractivity contribution in [2.75, 3.05) is 4.90 Å². The van der Waals surface area contributed by atoms with Crippen LogP contribution in [0.1, 0.15) is 41.1 Å². The molecule has 0 fully saturated rings. The number of carbonyl (C=O) groups excluding carboxylic acids is 2. The molecule has 0 radical (unpaired) electrons. The van der Waals surface area contributed by atoms with Gasteiger partial charge in [-0.1, -0.05) is 35.9 Å². The van der Waals surface area contributed by atoms with Gasteiger partial charge >= 0.3 is 0 Å². The van der Waals surface area contributed by atoms with Crippen molar-refractivity contribution in [3.8, 4) is 0 Å². The Morgan fingerprint density at radius 1 is 1.00 bits per heavy atom. The standard InChI is InChI=1S/C27H22ClN3O2/c28-19-13-11-17(12-14-19)26(33)25-23(18-6-5-15-30-16-18)24-21(9-4-10-22(24)32)31(27(25)29)20-7-2-1-3-8-20/h1-3,5-8,11-16,23,25,29H,4,9-10H2. The van der Waals surface area contributed by atoms with Crippen molar-refractivity contribution in [1.29, 1.82) is 5.41 Å². The topological polar surface area (TPSA) is 74.1 Å². The average Bonchev–Trinajstić information content (AvgIpc) is 2.84. The first-order chi connectivity index (χ1) is 16.1. The molecule has 5 nitrogen and oxygen atoms in total. The van der Waals surface area contributed by atoms with E-state index in [0.29, 0.717) is 29.0 Å². The van der Waals surface area contributed by atoms with Crippen molar-refractivity contribution in [2.24, 2.45) is 5.92 Å². The van der Waals surface area contributed by atoms with Gasteiger partial charge in [0, 0.05) is 52.3 Å². The molecule has 0 saturated carbocycles. The van der Waals surface area contributed by atoms with Crippen molar-refractivity contribution in [3.63, 3.8) is 0 Å². The summed E-state index contributed by atoms with van der Waals surface area (Å²) in [5.74, 6) is -1.43. The number of amidine groups is 1. The quantitative estimate of drug-likeness (QED) is 0.503. The van der Waals surface area contributed by atoms with E-state index in [2.05, 4.69) is 4.98 Å². The second kappa shape index (κ2) is 8.75. The summed E-state index contributed by atoms with van der Waals surface area (Å²) >= 11 is 6.05. The zero-order valence-corrected chi connectivity index (χ0v) is 18.6. The van der Waals surface area contributed by atoms with Crippen molar-refractivity contribution in [2.45, 2.75) is 25.2 Å². The molecule has 1 aliphatic carbocycles. The number of nitrogens with zero attached hydrogens (tertiary/aromatic N) is 2. The number of allylic oxidation sites excluding steroid dienone is 2. The van der Waals surface area contributed by atoms with E-state index in [4.69, 9.17) is 11.6 Å². The summed E-state index contributed by atoms with van der Waals surface area (Å²) in [7, 11) is 0. The summed E-state index contributed by atoms with van der Waals surface area (Å²) in [5, 5.41) is 9.78. The zero-order chi connectivity index (χ0) is 22.9. The Morgan fingerprint density at radius 3 is 2.45 bits per heavy atom. The lowest BCUT2D eigenvalue weighted by Gasteiger charge is -2.44. The van der Waals surface area contributed by atoms with Gasteiger partial charge in [-0.25, -0.2) is 0 Å². The number of benzene rings is 2. The van der Waals surface area contributed by atoms with Crippen molar-refractivity contribution in [3.05, 3.63) is 107 Å². The van der Waals surface area contributed by atoms with Crippen LogP contribution in [0.4, 0.5) is 5.69 Å². The molecule has 0 saturated heterocycles. The summed E-state index contributed by atoms with van der Waals surface area (Å²) in [6.45, 7) is 0. The summed E-state index contributed by atoms with van der Waals surface area (Å²) in [6, 6.07) is 19.9. The highest BCUT2D eigenvalue weighted by Crippen LogP contribution is 2.47. The Balaban J connectivity index is 1.74. The van der Waals surface area contributed by atoms with E-state index >= 15 is 0 Å². The van der Waals surface area contributed by atoms with Gasteiger partial charge in [-0.3, -0.25) is 20.0 Å². The zero-order valence-electron chi connectivity index (χ0n) is 17.9. The average molecular weight is 456 g/mol. The summed E-state index contributed by atoms with van der Waals surface area (Å²) in [4.78, 5) is 33.3. The lowest BCUT2D eigenvalue weighted by atomic mass is 9.69. The number of halogens is 1. The fourth-order valence-electron chi connectivity index (χ4n) is 4.90. The Bertz CT molecular complexity index is 1250. The highest BCUT2D eigenvalue weighted by molar-refractivity contribution is 6.30. The Labute approximate surface area is 197 Å². The van der Waals surface area contributed by atoms with Gasteiger partial charge in [0.15, 0.2) is 11.6 Å². The molecule has 2 atom stereocenters. The molecule has 0 bridgehead atoms. The molecule has 2 aliphatic rings. The first kappa shape index (κ1) is 21.3. The molecule has 5 rings (SSSR count). The minimum Gasteiger partial charge on any atom is -0.302 e. The number of ketones is 2. The number of Topliss-reactive ketones (excluding diaryl/α,β-unsaturated/α-hetero) is 2. The normalized spacial score (nSPS) is 20.6. The molecule has 1 aliphatic heterocycles. The fourth-order valence-corrected chi connectivity index (χ4v) is 5.03. The van der Waals surface area contributed by atoms with E-state index in [1.807, 2.05) is 36.4 Å². The van der Waals surface area contributed by atoms with Crippen LogP contribution < -0.4 is 4.90 Å². The number of rotatable bonds is 4. The molecule has 0 amide bonds. The summed E-state index contributed by atoms with van der Waals surface area (Å²) < 4.78 is 0. The van der Waals surface area contributed by atoms with Gasteiger partial charge in [-0.2, -0.15) is 0 Å².